The van der Waals surface area contributed by atoms with Crippen LogP contribution in [0.5, 0.6) is 0 Å². The van der Waals surface area contributed by atoms with Gasteiger partial charge in [-0.2, -0.15) is 0 Å². The highest BCUT2D eigenvalue weighted by atomic mass is 32.2. The van der Waals surface area contributed by atoms with Crippen LogP contribution in [0.3, 0.4) is 0 Å². The maximum absolute atomic E-state index is 11.6. The third-order valence-corrected chi connectivity index (χ3v) is 5.80. The third-order valence-electron chi connectivity index (χ3n) is 3.86. The number of hydrogen-bond donors (Lipinski definition) is 0. The van der Waals surface area contributed by atoms with Crippen molar-refractivity contribution in [2.45, 2.75) is 4.90 Å². The average Bonchev–Trinajstić information content (AvgIpc) is 3.10. The molecule has 0 amide bonds. The van der Waals surface area contributed by atoms with Gasteiger partial charge in [0.1, 0.15) is 0 Å². The molecule has 0 N–H and O–H groups in total. The van der Waals surface area contributed by atoms with Gasteiger partial charge in [-0.3, -0.25) is 4.90 Å². The van der Waals surface area contributed by atoms with Gasteiger partial charge in [-0.1, -0.05) is 17.9 Å². The van der Waals surface area contributed by atoms with E-state index in [4.69, 9.17) is 0 Å². The number of nitrogens with zero attached hydrogens (tertiary/aromatic N) is 3. The molecule has 0 spiro atoms. The van der Waals surface area contributed by atoms with Crippen molar-refractivity contribution < 1.29 is 8.42 Å². The molecule has 0 saturated carbocycles. The van der Waals surface area contributed by atoms with Gasteiger partial charge in [-0.15, -0.1) is 11.3 Å². The van der Waals surface area contributed by atoms with Crippen LogP contribution in [0.15, 0.2) is 40.7 Å². The average molecular weight is 361 g/mol. The van der Waals surface area contributed by atoms with E-state index in [1.165, 1.54) is 6.26 Å². The molecule has 0 bridgehead atoms. The summed E-state index contributed by atoms with van der Waals surface area (Å²) in [5.41, 5.74) is 0.736. The zero-order valence-electron chi connectivity index (χ0n) is 13.5. The molecular weight excluding hydrogens is 342 g/mol. The summed E-state index contributed by atoms with van der Waals surface area (Å²) in [6.45, 7) is 4.52. The smallest absolute Gasteiger partial charge is 0.185 e. The van der Waals surface area contributed by atoms with Crippen molar-refractivity contribution in [1.82, 2.24) is 9.88 Å². The van der Waals surface area contributed by atoms with Crippen molar-refractivity contribution in [3.63, 3.8) is 0 Å². The third kappa shape index (κ3) is 4.35. The predicted molar refractivity (Wildman–Crippen MR) is 97.2 cm³/mol. The minimum Gasteiger partial charge on any atom is -0.346 e. The molecule has 126 valence electrons. The van der Waals surface area contributed by atoms with Gasteiger partial charge in [0.15, 0.2) is 15.0 Å². The zero-order chi connectivity index (χ0) is 17.0. The SMILES string of the molecule is CS(=O)(=O)c1cccc(C#CCN2CCN(c3nccs3)CC2)c1. The van der Waals surface area contributed by atoms with Crippen LogP contribution >= 0.6 is 11.3 Å². The number of benzene rings is 1. The largest absolute Gasteiger partial charge is 0.346 e. The summed E-state index contributed by atoms with van der Waals surface area (Å²) in [7, 11) is -3.19. The second kappa shape index (κ2) is 7.34. The number of hydrogen-bond acceptors (Lipinski definition) is 6. The molecule has 24 heavy (non-hydrogen) atoms. The van der Waals surface area contributed by atoms with Gasteiger partial charge in [-0.25, -0.2) is 13.4 Å². The molecular formula is C17H19N3O2S2. The molecule has 2 heterocycles. The van der Waals surface area contributed by atoms with E-state index in [-0.39, 0.29) is 0 Å². The lowest BCUT2D eigenvalue weighted by Gasteiger charge is -2.33. The van der Waals surface area contributed by atoms with Crippen LogP contribution in [-0.4, -0.2) is 57.3 Å². The van der Waals surface area contributed by atoms with E-state index in [1.807, 2.05) is 17.6 Å². The van der Waals surface area contributed by atoms with E-state index in [0.717, 1.165) is 36.9 Å². The maximum atomic E-state index is 11.6. The highest BCUT2D eigenvalue weighted by Gasteiger charge is 2.17. The Morgan fingerprint density at radius 2 is 2.04 bits per heavy atom. The number of piperazine rings is 1. The Morgan fingerprint density at radius 3 is 2.71 bits per heavy atom. The molecule has 5 nitrogen and oxygen atoms in total. The van der Waals surface area contributed by atoms with Crippen LogP contribution in [-0.2, 0) is 9.84 Å². The lowest BCUT2D eigenvalue weighted by Crippen LogP contribution is -2.46. The first kappa shape index (κ1) is 17.0. The van der Waals surface area contributed by atoms with Gasteiger partial charge in [-0.05, 0) is 18.2 Å². The Labute approximate surface area is 146 Å². The molecule has 0 atom stereocenters. The molecule has 1 aliphatic heterocycles. The fourth-order valence-corrected chi connectivity index (χ4v) is 3.89. The van der Waals surface area contributed by atoms with Crippen LogP contribution in [0.4, 0.5) is 5.13 Å². The summed E-state index contributed by atoms with van der Waals surface area (Å²) in [5.74, 6) is 6.21. The second-order valence-electron chi connectivity index (χ2n) is 5.68. The van der Waals surface area contributed by atoms with Gasteiger partial charge in [0, 0.05) is 49.6 Å². The normalized spacial score (nSPS) is 15.8. The van der Waals surface area contributed by atoms with Crippen molar-refractivity contribution in [2.75, 3.05) is 43.9 Å². The molecule has 1 aromatic heterocycles. The molecule has 0 radical (unpaired) electrons. The second-order valence-corrected chi connectivity index (χ2v) is 8.57. The minimum absolute atomic E-state index is 0.311. The molecule has 1 aromatic carbocycles. The Bertz CT molecular complexity index is 843. The minimum atomic E-state index is -3.19. The van der Waals surface area contributed by atoms with Crippen LogP contribution < -0.4 is 4.90 Å². The summed E-state index contributed by atoms with van der Waals surface area (Å²) in [6, 6.07) is 6.79. The summed E-state index contributed by atoms with van der Waals surface area (Å²) >= 11 is 1.67. The van der Waals surface area contributed by atoms with Crippen molar-refractivity contribution in [1.29, 1.82) is 0 Å². The number of aromatic nitrogens is 1. The van der Waals surface area contributed by atoms with E-state index in [2.05, 4.69) is 26.6 Å². The Kier molecular flexibility index (Phi) is 5.19. The van der Waals surface area contributed by atoms with E-state index >= 15 is 0 Å². The topological polar surface area (TPSA) is 53.5 Å². The van der Waals surface area contributed by atoms with Crippen LogP contribution in [0.1, 0.15) is 5.56 Å². The van der Waals surface area contributed by atoms with Crippen LogP contribution in [0.2, 0.25) is 0 Å². The fourth-order valence-electron chi connectivity index (χ4n) is 2.53. The molecule has 0 aliphatic carbocycles. The highest BCUT2D eigenvalue weighted by molar-refractivity contribution is 7.90. The van der Waals surface area contributed by atoms with E-state index < -0.39 is 9.84 Å². The quantitative estimate of drug-likeness (QED) is 0.779. The van der Waals surface area contributed by atoms with Crippen molar-refractivity contribution >= 4 is 26.3 Å². The fraction of sp³-hybridized carbons (Fsp3) is 0.353. The predicted octanol–water partition coefficient (Wildman–Crippen LogP) is 1.72. The zero-order valence-corrected chi connectivity index (χ0v) is 15.1. The van der Waals surface area contributed by atoms with Gasteiger partial charge in [0.25, 0.3) is 0 Å². The lowest BCUT2D eigenvalue weighted by atomic mass is 10.2. The van der Waals surface area contributed by atoms with Crippen LogP contribution in [0.25, 0.3) is 0 Å². The number of rotatable bonds is 3. The molecule has 3 rings (SSSR count). The first-order valence-corrected chi connectivity index (χ1v) is 10.5. The first-order valence-electron chi connectivity index (χ1n) is 7.68. The summed E-state index contributed by atoms with van der Waals surface area (Å²) in [6.07, 6.45) is 3.05. The maximum Gasteiger partial charge on any atom is 0.185 e. The van der Waals surface area contributed by atoms with Gasteiger partial charge >= 0.3 is 0 Å². The summed E-state index contributed by atoms with van der Waals surface area (Å²) in [5, 5.41) is 3.08. The van der Waals surface area contributed by atoms with Gasteiger partial charge < -0.3 is 4.90 Å². The Hall–Kier alpha value is -1.88. The summed E-state index contributed by atoms with van der Waals surface area (Å²) < 4.78 is 23.1. The van der Waals surface area contributed by atoms with Gasteiger partial charge in [0.05, 0.1) is 11.4 Å². The number of thiazole rings is 1. The van der Waals surface area contributed by atoms with Crippen molar-refractivity contribution in [2.24, 2.45) is 0 Å². The molecule has 0 unspecified atom stereocenters. The Morgan fingerprint density at radius 1 is 1.25 bits per heavy atom. The standard InChI is InChI=1S/C17H19N3O2S2/c1-24(21,22)16-6-2-4-15(14-16)5-3-8-19-9-11-20(12-10-19)17-18-7-13-23-17/h2,4,6-7,13-14H,8-12H2,1H3. The van der Waals surface area contributed by atoms with Crippen LogP contribution in [0, 0.1) is 11.8 Å². The van der Waals surface area contributed by atoms with Crippen molar-refractivity contribution in [3.8, 4) is 11.8 Å². The Balaban J connectivity index is 1.55. The number of anilines is 1. The van der Waals surface area contributed by atoms with Gasteiger partial charge in [0.2, 0.25) is 0 Å². The molecule has 2 aromatic rings. The van der Waals surface area contributed by atoms with Crippen molar-refractivity contribution in [3.05, 3.63) is 41.4 Å². The monoisotopic (exact) mass is 361 g/mol. The summed E-state index contributed by atoms with van der Waals surface area (Å²) in [4.78, 5) is 9.25. The highest BCUT2D eigenvalue weighted by Crippen LogP contribution is 2.18. The molecule has 1 aliphatic rings. The first-order chi connectivity index (χ1) is 11.5. The van der Waals surface area contributed by atoms with E-state index in [1.54, 1.807) is 29.5 Å². The van der Waals surface area contributed by atoms with E-state index in [9.17, 15) is 8.42 Å². The van der Waals surface area contributed by atoms with E-state index in [0.29, 0.717) is 11.4 Å². The molecule has 7 heteroatoms. The lowest BCUT2D eigenvalue weighted by molar-refractivity contribution is 0.288. The number of sulfone groups is 1. The molecule has 1 fully saturated rings. The molecule has 1 saturated heterocycles.